The van der Waals surface area contributed by atoms with E-state index in [1.165, 1.54) is 58.4 Å². The third-order valence-corrected chi connectivity index (χ3v) is 5.54. The third-order valence-electron chi connectivity index (χ3n) is 5.54. The second kappa shape index (κ2) is 7.40. The first-order valence-corrected chi connectivity index (χ1v) is 8.82. The van der Waals surface area contributed by atoms with Crippen molar-refractivity contribution >= 4 is 0 Å². The smallest absolute Gasteiger partial charge is 0.0628 e. The number of hydrogen-bond donors (Lipinski definition) is 0. The van der Waals surface area contributed by atoms with E-state index in [1.54, 1.807) is 0 Å². The molecule has 4 heteroatoms. The summed E-state index contributed by atoms with van der Waals surface area (Å²) >= 11 is 0. The molecule has 0 N–H and O–H groups in total. The average molecular weight is 296 g/mol. The normalized spacial score (nSPS) is 36.6. The first-order chi connectivity index (χ1) is 10.2. The predicted octanol–water partition coefficient (Wildman–Crippen LogP) is 1.99. The van der Waals surface area contributed by atoms with E-state index < -0.39 is 0 Å². The van der Waals surface area contributed by atoms with Gasteiger partial charge in [-0.15, -0.1) is 0 Å². The Morgan fingerprint density at radius 1 is 0.952 bits per heavy atom. The van der Waals surface area contributed by atoms with Crippen molar-refractivity contribution in [2.45, 2.75) is 56.8 Å². The highest BCUT2D eigenvalue weighted by molar-refractivity contribution is 4.84. The SMILES string of the molecule is CO[C@H]1C[C@H](OC2CCN(C[C@@H]3CCCN(C)C3)CC2)C1. The lowest BCUT2D eigenvalue weighted by atomic mass is 9.91. The van der Waals surface area contributed by atoms with Gasteiger partial charge in [-0.3, -0.25) is 0 Å². The van der Waals surface area contributed by atoms with Gasteiger partial charge < -0.3 is 19.3 Å². The van der Waals surface area contributed by atoms with Crippen molar-refractivity contribution in [2.75, 3.05) is 46.9 Å². The molecule has 0 bridgehead atoms. The molecule has 1 atom stereocenters. The third kappa shape index (κ3) is 4.41. The molecule has 3 rings (SSSR count). The fourth-order valence-electron chi connectivity index (χ4n) is 4.11. The zero-order valence-corrected chi connectivity index (χ0v) is 13.8. The van der Waals surface area contributed by atoms with E-state index in [1.807, 2.05) is 7.11 Å². The summed E-state index contributed by atoms with van der Waals surface area (Å²) in [4.78, 5) is 5.16. The minimum Gasteiger partial charge on any atom is -0.381 e. The van der Waals surface area contributed by atoms with Crippen LogP contribution < -0.4 is 0 Å². The van der Waals surface area contributed by atoms with Gasteiger partial charge in [0.25, 0.3) is 0 Å². The summed E-state index contributed by atoms with van der Waals surface area (Å²) in [5.41, 5.74) is 0. The van der Waals surface area contributed by atoms with Gasteiger partial charge in [-0.05, 0) is 58.0 Å². The van der Waals surface area contributed by atoms with E-state index in [-0.39, 0.29) is 0 Å². The summed E-state index contributed by atoms with van der Waals surface area (Å²) < 4.78 is 11.5. The second-order valence-electron chi connectivity index (χ2n) is 7.36. The number of hydrogen-bond acceptors (Lipinski definition) is 4. The Bertz CT molecular complexity index is 312. The molecule has 0 radical (unpaired) electrons. The fourth-order valence-corrected chi connectivity index (χ4v) is 4.11. The number of nitrogens with zero attached hydrogens (tertiary/aromatic N) is 2. The largest absolute Gasteiger partial charge is 0.381 e. The van der Waals surface area contributed by atoms with Gasteiger partial charge in [-0.1, -0.05) is 0 Å². The zero-order chi connectivity index (χ0) is 14.7. The Balaban J connectivity index is 1.31. The molecule has 1 saturated carbocycles. The van der Waals surface area contributed by atoms with Gasteiger partial charge in [0.15, 0.2) is 0 Å². The highest BCUT2D eigenvalue weighted by Gasteiger charge is 2.33. The van der Waals surface area contributed by atoms with Crippen molar-refractivity contribution in [3.8, 4) is 0 Å². The van der Waals surface area contributed by atoms with E-state index in [2.05, 4.69) is 16.8 Å². The van der Waals surface area contributed by atoms with E-state index in [9.17, 15) is 0 Å². The van der Waals surface area contributed by atoms with Gasteiger partial charge >= 0.3 is 0 Å². The highest BCUT2D eigenvalue weighted by Crippen LogP contribution is 2.29. The molecule has 122 valence electrons. The van der Waals surface area contributed by atoms with Gasteiger partial charge in [0.05, 0.1) is 18.3 Å². The van der Waals surface area contributed by atoms with Crippen LogP contribution in [0.25, 0.3) is 0 Å². The molecule has 0 amide bonds. The highest BCUT2D eigenvalue weighted by atomic mass is 16.5. The molecule has 2 heterocycles. The average Bonchev–Trinajstić information content (AvgIpc) is 2.44. The summed E-state index contributed by atoms with van der Waals surface area (Å²) in [6.45, 7) is 6.33. The molecule has 0 aromatic carbocycles. The second-order valence-corrected chi connectivity index (χ2v) is 7.36. The van der Waals surface area contributed by atoms with Crippen LogP contribution in [0.2, 0.25) is 0 Å². The van der Waals surface area contributed by atoms with Crippen molar-refractivity contribution in [1.82, 2.24) is 9.80 Å². The molecule has 2 aliphatic heterocycles. The fraction of sp³-hybridized carbons (Fsp3) is 1.00. The van der Waals surface area contributed by atoms with Crippen LogP contribution in [0.4, 0.5) is 0 Å². The minimum atomic E-state index is 0.457. The lowest BCUT2D eigenvalue weighted by Crippen LogP contribution is -2.45. The number of rotatable bonds is 5. The summed E-state index contributed by atoms with van der Waals surface area (Å²) in [7, 11) is 4.07. The molecule has 0 spiro atoms. The van der Waals surface area contributed by atoms with Gasteiger partial charge in [0.1, 0.15) is 0 Å². The van der Waals surface area contributed by atoms with Crippen LogP contribution in [0.3, 0.4) is 0 Å². The number of methoxy groups -OCH3 is 1. The lowest BCUT2D eigenvalue weighted by molar-refractivity contribution is -0.126. The van der Waals surface area contributed by atoms with Crippen molar-refractivity contribution in [1.29, 1.82) is 0 Å². The van der Waals surface area contributed by atoms with Crippen LogP contribution in [0.5, 0.6) is 0 Å². The molecule has 4 nitrogen and oxygen atoms in total. The molecule has 3 aliphatic rings. The standard InChI is InChI=1S/C17H32N2O2/c1-18-7-3-4-14(12-18)13-19-8-5-15(6-9-19)21-17-10-16(11-17)20-2/h14-17H,3-13H2,1-2H3/t14-,16-,17-/m1/s1. The van der Waals surface area contributed by atoms with E-state index in [4.69, 9.17) is 9.47 Å². The van der Waals surface area contributed by atoms with Crippen molar-refractivity contribution in [2.24, 2.45) is 5.92 Å². The molecular weight excluding hydrogens is 264 g/mol. The summed E-state index contributed by atoms with van der Waals surface area (Å²) in [6.07, 6.45) is 8.86. The Hall–Kier alpha value is -0.160. The molecule has 0 aromatic heterocycles. The van der Waals surface area contributed by atoms with Gasteiger partial charge in [-0.2, -0.15) is 0 Å². The maximum atomic E-state index is 6.20. The van der Waals surface area contributed by atoms with Crippen molar-refractivity contribution in [3.63, 3.8) is 0 Å². The molecule has 3 fully saturated rings. The summed E-state index contributed by atoms with van der Waals surface area (Å²) in [6, 6.07) is 0. The number of likely N-dealkylation sites (tertiary alicyclic amines) is 2. The van der Waals surface area contributed by atoms with Gasteiger partial charge in [0.2, 0.25) is 0 Å². The summed E-state index contributed by atoms with van der Waals surface area (Å²) in [5, 5.41) is 0. The first kappa shape index (κ1) is 15.7. The van der Waals surface area contributed by atoms with Crippen LogP contribution in [0.15, 0.2) is 0 Å². The Morgan fingerprint density at radius 3 is 2.38 bits per heavy atom. The maximum Gasteiger partial charge on any atom is 0.0628 e. The van der Waals surface area contributed by atoms with Gasteiger partial charge in [-0.25, -0.2) is 0 Å². The lowest BCUT2D eigenvalue weighted by Gasteiger charge is -2.40. The number of ether oxygens (including phenoxy) is 2. The van der Waals surface area contributed by atoms with E-state index in [0.29, 0.717) is 18.3 Å². The van der Waals surface area contributed by atoms with Crippen LogP contribution in [0.1, 0.15) is 38.5 Å². The molecule has 21 heavy (non-hydrogen) atoms. The Kier molecular flexibility index (Phi) is 5.54. The van der Waals surface area contributed by atoms with Crippen LogP contribution in [-0.4, -0.2) is 75.0 Å². The van der Waals surface area contributed by atoms with E-state index in [0.717, 1.165) is 18.8 Å². The zero-order valence-electron chi connectivity index (χ0n) is 13.8. The van der Waals surface area contributed by atoms with Gasteiger partial charge in [0, 0.05) is 33.3 Å². The topological polar surface area (TPSA) is 24.9 Å². The van der Waals surface area contributed by atoms with Crippen LogP contribution in [0, 0.1) is 5.92 Å². The molecule has 2 saturated heterocycles. The molecule has 0 unspecified atom stereocenters. The Labute approximate surface area is 129 Å². The Morgan fingerprint density at radius 2 is 1.71 bits per heavy atom. The minimum absolute atomic E-state index is 0.457. The summed E-state index contributed by atoms with van der Waals surface area (Å²) in [5.74, 6) is 0.885. The van der Waals surface area contributed by atoms with Crippen molar-refractivity contribution < 1.29 is 9.47 Å². The number of piperidine rings is 2. The first-order valence-electron chi connectivity index (χ1n) is 8.82. The van der Waals surface area contributed by atoms with Crippen LogP contribution >= 0.6 is 0 Å². The quantitative estimate of drug-likeness (QED) is 0.774. The monoisotopic (exact) mass is 296 g/mol. The van der Waals surface area contributed by atoms with Crippen molar-refractivity contribution in [3.05, 3.63) is 0 Å². The predicted molar refractivity (Wildman–Crippen MR) is 84.6 cm³/mol. The molecule has 0 aromatic rings. The van der Waals surface area contributed by atoms with E-state index >= 15 is 0 Å². The maximum absolute atomic E-state index is 6.20. The van der Waals surface area contributed by atoms with Crippen LogP contribution in [-0.2, 0) is 9.47 Å². The molecule has 1 aliphatic carbocycles. The molecular formula is C17H32N2O2.